The Balaban J connectivity index is 2.15. The second-order valence-corrected chi connectivity index (χ2v) is 6.27. The number of nitrogens with one attached hydrogen (secondary N) is 2. The summed E-state index contributed by atoms with van der Waals surface area (Å²) in [6.45, 7) is 9.67. The highest BCUT2D eigenvalue weighted by atomic mass is 32.2. The molecule has 23 heavy (non-hydrogen) atoms. The molecule has 0 unspecified atom stereocenters. The zero-order valence-electron chi connectivity index (χ0n) is 14.2. The summed E-state index contributed by atoms with van der Waals surface area (Å²) >= 11 is 1.33. The number of aryl methyl sites for hydroxylation is 1. The van der Waals surface area contributed by atoms with Crippen LogP contribution in [-0.2, 0) is 9.59 Å². The number of hydrogen-bond acceptors (Lipinski definition) is 4. The third-order valence-electron chi connectivity index (χ3n) is 3.41. The standard InChI is InChI=1S/C17H27N3O2S/c1-4-20(5-2)10-9-18-16(21)12-23-13-17(22)19-15-8-6-7-14(3)11-15/h6-8,11H,4-5,9-10,12-13H2,1-3H3,(H,18,21)(H,19,22). The van der Waals surface area contributed by atoms with Crippen LogP contribution in [0.4, 0.5) is 5.69 Å². The Bertz CT molecular complexity index is 504. The quantitative estimate of drug-likeness (QED) is 0.687. The van der Waals surface area contributed by atoms with E-state index in [1.165, 1.54) is 11.8 Å². The predicted octanol–water partition coefficient (Wildman–Crippen LogP) is 2.12. The molecule has 0 aliphatic heterocycles. The van der Waals surface area contributed by atoms with Crippen molar-refractivity contribution in [3.8, 4) is 0 Å². The molecule has 5 nitrogen and oxygen atoms in total. The number of rotatable bonds is 10. The fourth-order valence-corrected chi connectivity index (χ4v) is 2.75. The van der Waals surface area contributed by atoms with Crippen molar-refractivity contribution in [1.29, 1.82) is 0 Å². The SMILES string of the molecule is CCN(CC)CCNC(=O)CSCC(=O)Nc1cccc(C)c1. The van der Waals surface area contributed by atoms with Gasteiger partial charge in [0.1, 0.15) is 0 Å². The van der Waals surface area contributed by atoms with Crippen molar-refractivity contribution in [3.63, 3.8) is 0 Å². The molecule has 0 radical (unpaired) electrons. The molecular formula is C17H27N3O2S. The van der Waals surface area contributed by atoms with Gasteiger partial charge in [-0.15, -0.1) is 11.8 Å². The summed E-state index contributed by atoms with van der Waals surface area (Å²) in [7, 11) is 0. The summed E-state index contributed by atoms with van der Waals surface area (Å²) in [5.41, 5.74) is 1.89. The molecule has 0 heterocycles. The molecule has 0 saturated heterocycles. The summed E-state index contributed by atoms with van der Waals surface area (Å²) in [5.74, 6) is 0.471. The van der Waals surface area contributed by atoms with Crippen molar-refractivity contribution in [1.82, 2.24) is 10.2 Å². The Morgan fingerprint density at radius 1 is 1.13 bits per heavy atom. The number of thioether (sulfide) groups is 1. The van der Waals surface area contributed by atoms with Crippen LogP contribution in [0.15, 0.2) is 24.3 Å². The second kappa shape index (κ2) is 11.1. The van der Waals surface area contributed by atoms with Gasteiger partial charge in [0.05, 0.1) is 11.5 Å². The van der Waals surface area contributed by atoms with E-state index in [9.17, 15) is 9.59 Å². The van der Waals surface area contributed by atoms with Crippen LogP contribution in [-0.4, -0.2) is 54.4 Å². The number of nitrogens with zero attached hydrogens (tertiary/aromatic N) is 1. The molecule has 6 heteroatoms. The third-order valence-corrected chi connectivity index (χ3v) is 4.35. The molecule has 0 fully saturated rings. The first-order valence-corrected chi connectivity index (χ1v) is 9.14. The molecule has 0 spiro atoms. The van der Waals surface area contributed by atoms with E-state index in [1.807, 2.05) is 31.2 Å². The number of carbonyl (C=O) groups is 2. The van der Waals surface area contributed by atoms with Crippen LogP contribution in [0.25, 0.3) is 0 Å². The molecule has 2 amide bonds. The number of likely N-dealkylation sites (N-methyl/N-ethyl adjacent to an activating group) is 1. The summed E-state index contributed by atoms with van der Waals surface area (Å²) < 4.78 is 0. The first-order valence-electron chi connectivity index (χ1n) is 7.98. The fourth-order valence-electron chi connectivity index (χ4n) is 2.10. The predicted molar refractivity (Wildman–Crippen MR) is 97.9 cm³/mol. The van der Waals surface area contributed by atoms with E-state index < -0.39 is 0 Å². The highest BCUT2D eigenvalue weighted by Crippen LogP contribution is 2.10. The van der Waals surface area contributed by atoms with E-state index in [-0.39, 0.29) is 17.6 Å². The van der Waals surface area contributed by atoms with Gasteiger partial charge in [-0.2, -0.15) is 0 Å². The van der Waals surface area contributed by atoms with Crippen LogP contribution in [0.1, 0.15) is 19.4 Å². The maximum absolute atomic E-state index is 11.8. The van der Waals surface area contributed by atoms with Crippen LogP contribution in [0.3, 0.4) is 0 Å². The molecule has 0 aliphatic carbocycles. The Morgan fingerprint density at radius 2 is 1.83 bits per heavy atom. The smallest absolute Gasteiger partial charge is 0.234 e. The normalized spacial score (nSPS) is 10.6. The van der Waals surface area contributed by atoms with Gasteiger partial charge in [0.25, 0.3) is 0 Å². The number of anilines is 1. The van der Waals surface area contributed by atoms with E-state index in [2.05, 4.69) is 29.4 Å². The van der Waals surface area contributed by atoms with Crippen LogP contribution in [0, 0.1) is 6.92 Å². The summed E-state index contributed by atoms with van der Waals surface area (Å²) in [5, 5.41) is 5.71. The van der Waals surface area contributed by atoms with Crippen molar-refractivity contribution in [3.05, 3.63) is 29.8 Å². The summed E-state index contributed by atoms with van der Waals surface area (Å²) in [4.78, 5) is 25.8. The van der Waals surface area contributed by atoms with Crippen LogP contribution in [0.2, 0.25) is 0 Å². The molecule has 1 aromatic rings. The minimum absolute atomic E-state index is 0.0227. The van der Waals surface area contributed by atoms with E-state index >= 15 is 0 Å². The number of hydrogen-bond donors (Lipinski definition) is 2. The molecule has 0 saturated carbocycles. The van der Waals surface area contributed by atoms with Crippen molar-refractivity contribution in [2.24, 2.45) is 0 Å². The van der Waals surface area contributed by atoms with Crippen LogP contribution < -0.4 is 10.6 Å². The van der Waals surface area contributed by atoms with Gasteiger partial charge in [-0.1, -0.05) is 26.0 Å². The number of amides is 2. The van der Waals surface area contributed by atoms with E-state index in [0.717, 1.165) is 30.9 Å². The minimum Gasteiger partial charge on any atom is -0.354 e. The second-order valence-electron chi connectivity index (χ2n) is 5.29. The first-order chi connectivity index (χ1) is 11.0. The number of benzene rings is 1. The Hall–Kier alpha value is -1.53. The minimum atomic E-state index is -0.0865. The van der Waals surface area contributed by atoms with Crippen molar-refractivity contribution in [2.75, 3.05) is 43.0 Å². The zero-order chi connectivity index (χ0) is 17.1. The average Bonchev–Trinajstić information content (AvgIpc) is 2.51. The molecule has 1 aromatic carbocycles. The van der Waals surface area contributed by atoms with Gasteiger partial charge in [-0.05, 0) is 37.7 Å². The molecule has 1 rings (SSSR count). The first kappa shape index (κ1) is 19.5. The van der Waals surface area contributed by atoms with Crippen molar-refractivity contribution >= 4 is 29.3 Å². The van der Waals surface area contributed by atoms with Crippen molar-refractivity contribution in [2.45, 2.75) is 20.8 Å². The lowest BCUT2D eigenvalue weighted by Crippen LogP contribution is -2.35. The van der Waals surface area contributed by atoms with Gasteiger partial charge < -0.3 is 15.5 Å². The lowest BCUT2D eigenvalue weighted by atomic mass is 10.2. The summed E-state index contributed by atoms with van der Waals surface area (Å²) in [6, 6.07) is 7.66. The van der Waals surface area contributed by atoms with Gasteiger partial charge in [-0.3, -0.25) is 9.59 Å². The Morgan fingerprint density at radius 3 is 2.48 bits per heavy atom. The Kier molecular flexibility index (Phi) is 9.40. The molecule has 2 N–H and O–H groups in total. The largest absolute Gasteiger partial charge is 0.354 e. The van der Waals surface area contributed by atoms with Gasteiger partial charge in [0, 0.05) is 18.8 Å². The third kappa shape index (κ3) is 8.62. The average molecular weight is 337 g/mol. The monoisotopic (exact) mass is 337 g/mol. The lowest BCUT2D eigenvalue weighted by molar-refractivity contribution is -0.118. The molecule has 128 valence electrons. The Labute approximate surface area is 143 Å². The van der Waals surface area contributed by atoms with Gasteiger partial charge >= 0.3 is 0 Å². The van der Waals surface area contributed by atoms with E-state index in [0.29, 0.717) is 12.3 Å². The number of carbonyl (C=O) groups excluding carboxylic acids is 2. The van der Waals surface area contributed by atoms with Crippen LogP contribution in [0.5, 0.6) is 0 Å². The molecular weight excluding hydrogens is 310 g/mol. The molecule has 0 aromatic heterocycles. The zero-order valence-corrected chi connectivity index (χ0v) is 15.0. The topological polar surface area (TPSA) is 61.4 Å². The highest BCUT2D eigenvalue weighted by molar-refractivity contribution is 8.00. The van der Waals surface area contributed by atoms with Gasteiger partial charge in [0.15, 0.2) is 0 Å². The van der Waals surface area contributed by atoms with Crippen LogP contribution >= 0.6 is 11.8 Å². The fraction of sp³-hybridized carbons (Fsp3) is 0.529. The molecule has 0 aliphatic rings. The summed E-state index contributed by atoms with van der Waals surface area (Å²) in [6.07, 6.45) is 0. The molecule has 0 atom stereocenters. The van der Waals surface area contributed by atoms with Gasteiger partial charge in [-0.25, -0.2) is 0 Å². The maximum Gasteiger partial charge on any atom is 0.234 e. The lowest BCUT2D eigenvalue weighted by Gasteiger charge is -2.17. The van der Waals surface area contributed by atoms with E-state index in [1.54, 1.807) is 0 Å². The van der Waals surface area contributed by atoms with Gasteiger partial charge in [0.2, 0.25) is 11.8 Å². The van der Waals surface area contributed by atoms with Crippen molar-refractivity contribution < 1.29 is 9.59 Å². The van der Waals surface area contributed by atoms with E-state index in [4.69, 9.17) is 0 Å². The maximum atomic E-state index is 11.8. The highest BCUT2D eigenvalue weighted by Gasteiger charge is 2.06. The molecule has 0 bridgehead atoms.